The number of nitrogens with zero attached hydrogens (tertiary/aromatic N) is 2. The minimum Gasteiger partial charge on any atom is -0.314 e. The molecule has 19 heavy (non-hydrogen) atoms. The molecular weight excluding hydrogens is 244 g/mol. The third-order valence-corrected chi connectivity index (χ3v) is 3.97. The molecule has 2 rings (SSSR count). The zero-order chi connectivity index (χ0) is 14.0. The van der Waals surface area contributed by atoms with E-state index in [4.69, 9.17) is 0 Å². The van der Waals surface area contributed by atoms with Crippen molar-refractivity contribution in [3.8, 4) is 0 Å². The van der Waals surface area contributed by atoms with Crippen LogP contribution in [0.3, 0.4) is 0 Å². The Morgan fingerprint density at radius 1 is 1.32 bits per heavy atom. The molecule has 2 amide bonds. The zero-order valence-electron chi connectivity index (χ0n) is 11.8. The second-order valence-corrected chi connectivity index (χ2v) is 5.54. The van der Waals surface area contributed by atoms with E-state index in [1.165, 1.54) is 0 Å². The number of amidine groups is 1. The van der Waals surface area contributed by atoms with Gasteiger partial charge < -0.3 is 10.6 Å². The van der Waals surface area contributed by atoms with Crippen LogP contribution in [0.15, 0.2) is 4.99 Å². The first-order valence-corrected chi connectivity index (χ1v) is 6.86. The topological polar surface area (TPSA) is 73.8 Å². The summed E-state index contributed by atoms with van der Waals surface area (Å²) in [6.07, 6.45) is 0.496. The maximum Gasteiger partial charge on any atom is 0.259 e. The van der Waals surface area contributed by atoms with E-state index in [1.807, 2.05) is 20.8 Å². The van der Waals surface area contributed by atoms with E-state index in [0.717, 1.165) is 26.2 Å². The van der Waals surface area contributed by atoms with Crippen LogP contribution in [0, 0.1) is 5.92 Å². The summed E-state index contributed by atoms with van der Waals surface area (Å²) in [6, 6.07) is 0. The van der Waals surface area contributed by atoms with Gasteiger partial charge in [0.05, 0.1) is 5.54 Å². The van der Waals surface area contributed by atoms with E-state index in [2.05, 4.69) is 20.5 Å². The summed E-state index contributed by atoms with van der Waals surface area (Å²) >= 11 is 0. The normalized spacial score (nSPS) is 26.1. The average Bonchev–Trinajstić information content (AvgIpc) is 2.39. The van der Waals surface area contributed by atoms with Gasteiger partial charge in [-0.2, -0.15) is 4.99 Å². The molecule has 2 heterocycles. The molecule has 0 aromatic carbocycles. The second kappa shape index (κ2) is 5.38. The first kappa shape index (κ1) is 14.1. The second-order valence-electron chi connectivity index (χ2n) is 5.54. The van der Waals surface area contributed by atoms with Crippen molar-refractivity contribution in [2.75, 3.05) is 26.2 Å². The lowest BCUT2D eigenvalue weighted by Crippen LogP contribution is -2.62. The van der Waals surface area contributed by atoms with Crippen molar-refractivity contribution in [1.82, 2.24) is 15.5 Å². The van der Waals surface area contributed by atoms with Gasteiger partial charge in [0, 0.05) is 26.2 Å². The summed E-state index contributed by atoms with van der Waals surface area (Å²) in [6.45, 7) is 9.41. The molecule has 0 spiro atoms. The monoisotopic (exact) mass is 266 g/mol. The summed E-state index contributed by atoms with van der Waals surface area (Å²) < 4.78 is 0. The molecule has 2 aliphatic heterocycles. The van der Waals surface area contributed by atoms with E-state index in [0.29, 0.717) is 12.3 Å². The minimum atomic E-state index is -0.623. The molecule has 1 saturated heterocycles. The summed E-state index contributed by atoms with van der Waals surface area (Å²) in [5.74, 6) is -0.679. The van der Waals surface area contributed by atoms with Crippen LogP contribution in [-0.4, -0.2) is 54.3 Å². The molecule has 1 fully saturated rings. The Morgan fingerprint density at radius 2 is 1.95 bits per heavy atom. The van der Waals surface area contributed by atoms with Crippen LogP contribution in [0.4, 0.5) is 0 Å². The Hall–Kier alpha value is -1.27. The fraction of sp³-hybridized carbons (Fsp3) is 0.769. The fourth-order valence-corrected chi connectivity index (χ4v) is 2.56. The van der Waals surface area contributed by atoms with Gasteiger partial charge in [0.15, 0.2) is 0 Å². The van der Waals surface area contributed by atoms with Gasteiger partial charge in [-0.3, -0.25) is 14.5 Å². The van der Waals surface area contributed by atoms with Gasteiger partial charge in [0.2, 0.25) is 5.91 Å². The lowest BCUT2D eigenvalue weighted by Gasteiger charge is -2.42. The van der Waals surface area contributed by atoms with Gasteiger partial charge in [-0.05, 0) is 20.3 Å². The van der Waals surface area contributed by atoms with Crippen LogP contribution < -0.4 is 10.6 Å². The molecule has 6 nitrogen and oxygen atoms in total. The van der Waals surface area contributed by atoms with Crippen molar-refractivity contribution in [2.45, 2.75) is 32.7 Å². The van der Waals surface area contributed by atoms with E-state index in [1.54, 1.807) is 0 Å². The predicted octanol–water partition coefficient (Wildman–Crippen LogP) is -0.249. The number of amides is 2. The molecule has 1 atom stereocenters. The van der Waals surface area contributed by atoms with Crippen LogP contribution in [0.1, 0.15) is 27.2 Å². The summed E-state index contributed by atoms with van der Waals surface area (Å²) in [7, 11) is 0. The quantitative estimate of drug-likeness (QED) is 0.691. The van der Waals surface area contributed by atoms with Crippen LogP contribution in [0.5, 0.6) is 0 Å². The molecule has 2 N–H and O–H groups in total. The van der Waals surface area contributed by atoms with Gasteiger partial charge >= 0.3 is 0 Å². The average molecular weight is 266 g/mol. The maximum atomic E-state index is 11.9. The molecule has 0 aromatic rings. The maximum absolute atomic E-state index is 11.9. The van der Waals surface area contributed by atoms with Crippen LogP contribution in [-0.2, 0) is 9.59 Å². The van der Waals surface area contributed by atoms with Crippen molar-refractivity contribution < 1.29 is 9.59 Å². The van der Waals surface area contributed by atoms with E-state index in [-0.39, 0.29) is 11.8 Å². The minimum absolute atomic E-state index is 0.222. The SMILES string of the molecule is CCC1C(=O)N=C(C(C)(C)N2CCNCC2)NC1=O. The molecule has 0 aliphatic carbocycles. The number of hydrogen-bond donors (Lipinski definition) is 2. The van der Waals surface area contributed by atoms with Gasteiger partial charge in [0.25, 0.3) is 5.91 Å². The van der Waals surface area contributed by atoms with Crippen molar-refractivity contribution in [3.05, 3.63) is 0 Å². The molecule has 6 heteroatoms. The first-order chi connectivity index (χ1) is 8.96. The van der Waals surface area contributed by atoms with E-state index >= 15 is 0 Å². The first-order valence-electron chi connectivity index (χ1n) is 6.86. The van der Waals surface area contributed by atoms with Gasteiger partial charge in [-0.15, -0.1) is 0 Å². The highest BCUT2D eigenvalue weighted by Crippen LogP contribution is 2.20. The number of aliphatic imine (C=N–C) groups is 1. The molecule has 0 aromatic heterocycles. The van der Waals surface area contributed by atoms with Crippen molar-refractivity contribution in [1.29, 1.82) is 0 Å². The van der Waals surface area contributed by atoms with Crippen molar-refractivity contribution in [2.24, 2.45) is 10.9 Å². The number of rotatable bonds is 3. The number of hydrogen-bond acceptors (Lipinski definition) is 4. The van der Waals surface area contributed by atoms with Crippen LogP contribution in [0.2, 0.25) is 0 Å². The number of piperazine rings is 1. The highest BCUT2D eigenvalue weighted by atomic mass is 16.2. The smallest absolute Gasteiger partial charge is 0.259 e. The lowest BCUT2D eigenvalue weighted by atomic mass is 9.95. The molecule has 106 valence electrons. The Morgan fingerprint density at radius 3 is 2.47 bits per heavy atom. The van der Waals surface area contributed by atoms with Crippen molar-refractivity contribution in [3.63, 3.8) is 0 Å². The van der Waals surface area contributed by atoms with Crippen LogP contribution >= 0.6 is 0 Å². The van der Waals surface area contributed by atoms with Crippen molar-refractivity contribution >= 4 is 17.6 Å². The molecular formula is C13H22N4O2. The third kappa shape index (κ3) is 2.69. The van der Waals surface area contributed by atoms with E-state index in [9.17, 15) is 9.59 Å². The van der Waals surface area contributed by atoms with Gasteiger partial charge in [-0.25, -0.2) is 0 Å². The number of carbonyl (C=O) groups is 2. The van der Waals surface area contributed by atoms with E-state index < -0.39 is 11.5 Å². The zero-order valence-corrected chi connectivity index (χ0v) is 11.8. The molecule has 1 unspecified atom stereocenters. The molecule has 0 bridgehead atoms. The predicted molar refractivity (Wildman–Crippen MR) is 72.9 cm³/mol. The number of carbonyl (C=O) groups excluding carboxylic acids is 2. The molecule has 0 radical (unpaired) electrons. The van der Waals surface area contributed by atoms with Gasteiger partial charge in [0.1, 0.15) is 11.8 Å². The molecule has 2 aliphatic rings. The highest BCUT2D eigenvalue weighted by Gasteiger charge is 2.39. The molecule has 0 saturated carbocycles. The third-order valence-electron chi connectivity index (χ3n) is 3.97. The standard InChI is InChI=1S/C13H22N4O2/c1-4-9-10(18)15-12(16-11(9)19)13(2,3)17-7-5-14-6-8-17/h9,14H,4-8H2,1-3H3,(H,15,16,18,19). The fourth-order valence-electron chi connectivity index (χ4n) is 2.56. The Kier molecular flexibility index (Phi) is 4.01. The Balaban J connectivity index is 2.20. The summed E-state index contributed by atoms with van der Waals surface area (Å²) in [4.78, 5) is 30.2. The largest absolute Gasteiger partial charge is 0.314 e. The highest BCUT2D eigenvalue weighted by molar-refractivity contribution is 6.18. The van der Waals surface area contributed by atoms with Crippen LogP contribution in [0.25, 0.3) is 0 Å². The summed E-state index contributed by atoms with van der Waals surface area (Å²) in [5, 5.41) is 6.10. The summed E-state index contributed by atoms with van der Waals surface area (Å²) in [5.41, 5.74) is -0.424. The number of nitrogens with one attached hydrogen (secondary N) is 2. The van der Waals surface area contributed by atoms with Gasteiger partial charge in [-0.1, -0.05) is 6.92 Å². The lowest BCUT2D eigenvalue weighted by molar-refractivity contribution is -0.133. The Labute approximate surface area is 113 Å². The Bertz CT molecular complexity index is 411.